The Balaban J connectivity index is 1.46. The molecule has 2 aromatic rings. The summed E-state index contributed by atoms with van der Waals surface area (Å²) in [5.74, 6) is -1.23. The molecular weight excluding hydrogens is 398 g/mol. The zero-order chi connectivity index (χ0) is 22.4. The summed E-state index contributed by atoms with van der Waals surface area (Å²) in [5, 5.41) is 7.98. The summed E-state index contributed by atoms with van der Waals surface area (Å²) in [6, 6.07) is 10.2. The first-order chi connectivity index (χ1) is 14.8. The lowest BCUT2D eigenvalue weighted by Crippen LogP contribution is -2.43. The summed E-state index contributed by atoms with van der Waals surface area (Å²) >= 11 is 0. The molecule has 1 aromatic heterocycles. The van der Waals surface area contributed by atoms with Crippen molar-refractivity contribution < 1.29 is 19.2 Å². The largest absolute Gasteiger partial charge is 0.354 e. The van der Waals surface area contributed by atoms with Gasteiger partial charge in [-0.1, -0.05) is 29.8 Å². The molecule has 2 heterocycles. The Hall–Kier alpha value is -3.75. The van der Waals surface area contributed by atoms with Gasteiger partial charge in [0, 0.05) is 31.9 Å². The number of aryl methyl sites for hydroxylation is 1. The van der Waals surface area contributed by atoms with Gasteiger partial charge in [-0.25, -0.2) is 4.79 Å². The second kappa shape index (κ2) is 9.38. The highest BCUT2D eigenvalue weighted by Gasteiger charge is 2.49. The SMILES string of the molecule is Cc1ccc(C2(C)NC(=O)N(CC(=O)NCCC(=O)NCc3ccncc3)C2=O)cc1. The standard InChI is InChI=1S/C22H25N5O4/c1-15-3-5-17(6-4-15)22(2)20(30)27(21(31)26-22)14-19(29)24-12-9-18(28)25-13-16-7-10-23-11-8-16/h3-8,10-11H,9,12-14H2,1-2H3,(H,24,29)(H,25,28)(H,26,31). The van der Waals surface area contributed by atoms with Crippen molar-refractivity contribution in [3.8, 4) is 0 Å². The van der Waals surface area contributed by atoms with E-state index in [2.05, 4.69) is 20.9 Å². The van der Waals surface area contributed by atoms with Gasteiger partial charge in [-0.3, -0.25) is 24.3 Å². The van der Waals surface area contributed by atoms with Crippen LogP contribution in [0.25, 0.3) is 0 Å². The van der Waals surface area contributed by atoms with Crippen molar-refractivity contribution in [2.45, 2.75) is 32.4 Å². The van der Waals surface area contributed by atoms with Crippen LogP contribution in [-0.4, -0.2) is 46.7 Å². The molecule has 1 fully saturated rings. The molecule has 9 nitrogen and oxygen atoms in total. The van der Waals surface area contributed by atoms with Gasteiger partial charge in [0.25, 0.3) is 5.91 Å². The number of carbonyl (C=O) groups is 4. The molecule has 0 saturated carbocycles. The normalized spacial score (nSPS) is 17.9. The zero-order valence-electron chi connectivity index (χ0n) is 17.5. The van der Waals surface area contributed by atoms with Crippen molar-refractivity contribution in [1.29, 1.82) is 0 Å². The van der Waals surface area contributed by atoms with E-state index in [4.69, 9.17) is 0 Å². The predicted molar refractivity (Wildman–Crippen MR) is 112 cm³/mol. The molecule has 1 aromatic carbocycles. The number of nitrogens with one attached hydrogen (secondary N) is 3. The zero-order valence-corrected chi connectivity index (χ0v) is 17.5. The number of imide groups is 1. The molecule has 5 amide bonds. The second-order valence-corrected chi connectivity index (χ2v) is 7.54. The van der Waals surface area contributed by atoms with Crippen LogP contribution < -0.4 is 16.0 Å². The summed E-state index contributed by atoms with van der Waals surface area (Å²) in [5.41, 5.74) is 1.37. The summed E-state index contributed by atoms with van der Waals surface area (Å²) in [6.45, 7) is 3.60. The van der Waals surface area contributed by atoms with Crippen LogP contribution in [0.15, 0.2) is 48.8 Å². The van der Waals surface area contributed by atoms with Gasteiger partial charge >= 0.3 is 6.03 Å². The first kappa shape index (κ1) is 21.9. The molecule has 9 heteroatoms. The molecule has 3 N–H and O–H groups in total. The predicted octanol–water partition coefficient (Wildman–Crippen LogP) is 0.980. The number of pyridine rings is 1. The third kappa shape index (κ3) is 5.25. The molecule has 31 heavy (non-hydrogen) atoms. The highest BCUT2D eigenvalue weighted by atomic mass is 16.2. The maximum Gasteiger partial charge on any atom is 0.325 e. The van der Waals surface area contributed by atoms with Crippen LogP contribution in [0.5, 0.6) is 0 Å². The maximum atomic E-state index is 12.9. The van der Waals surface area contributed by atoms with E-state index in [0.717, 1.165) is 16.0 Å². The second-order valence-electron chi connectivity index (χ2n) is 7.54. The van der Waals surface area contributed by atoms with Crippen LogP contribution in [-0.2, 0) is 26.5 Å². The van der Waals surface area contributed by atoms with Crippen molar-refractivity contribution >= 4 is 23.8 Å². The molecule has 1 aliphatic heterocycles. The van der Waals surface area contributed by atoms with Crippen molar-refractivity contribution in [3.05, 3.63) is 65.5 Å². The average Bonchev–Trinajstić information content (AvgIpc) is 2.97. The van der Waals surface area contributed by atoms with Gasteiger partial charge < -0.3 is 16.0 Å². The van der Waals surface area contributed by atoms with Crippen LogP contribution in [0.4, 0.5) is 4.79 Å². The van der Waals surface area contributed by atoms with E-state index in [1.54, 1.807) is 43.6 Å². The molecule has 1 aliphatic rings. The van der Waals surface area contributed by atoms with Crippen LogP contribution in [0.3, 0.4) is 0 Å². The molecular formula is C22H25N5O4. The molecule has 0 radical (unpaired) electrons. The molecule has 1 saturated heterocycles. The summed E-state index contributed by atoms with van der Waals surface area (Å²) in [4.78, 5) is 54.1. The number of urea groups is 1. The molecule has 1 unspecified atom stereocenters. The molecule has 0 aliphatic carbocycles. The van der Waals surface area contributed by atoms with Gasteiger partial charge in [0.05, 0.1) is 0 Å². The fourth-order valence-electron chi connectivity index (χ4n) is 3.23. The van der Waals surface area contributed by atoms with Gasteiger partial charge in [0.1, 0.15) is 12.1 Å². The third-order valence-corrected chi connectivity index (χ3v) is 5.12. The van der Waals surface area contributed by atoms with Gasteiger partial charge in [0.15, 0.2) is 0 Å². The Labute approximate surface area is 180 Å². The van der Waals surface area contributed by atoms with E-state index >= 15 is 0 Å². The van der Waals surface area contributed by atoms with Crippen molar-refractivity contribution in [1.82, 2.24) is 25.8 Å². The topological polar surface area (TPSA) is 120 Å². The van der Waals surface area contributed by atoms with Crippen molar-refractivity contribution in [3.63, 3.8) is 0 Å². The number of nitrogens with zero attached hydrogens (tertiary/aromatic N) is 2. The summed E-state index contributed by atoms with van der Waals surface area (Å²) in [6.07, 6.45) is 3.36. The highest BCUT2D eigenvalue weighted by molar-refractivity contribution is 6.09. The van der Waals surface area contributed by atoms with E-state index in [-0.39, 0.29) is 18.9 Å². The van der Waals surface area contributed by atoms with Gasteiger partial charge in [-0.05, 0) is 37.1 Å². The van der Waals surface area contributed by atoms with Crippen LogP contribution >= 0.6 is 0 Å². The fraction of sp³-hybridized carbons (Fsp3) is 0.318. The average molecular weight is 423 g/mol. The molecule has 0 bridgehead atoms. The Morgan fingerprint density at radius 1 is 1.03 bits per heavy atom. The first-order valence-electron chi connectivity index (χ1n) is 9.93. The van der Waals surface area contributed by atoms with Crippen LogP contribution in [0, 0.1) is 6.92 Å². The Kier molecular flexibility index (Phi) is 6.64. The number of hydrogen-bond donors (Lipinski definition) is 3. The van der Waals surface area contributed by atoms with E-state index in [1.165, 1.54) is 0 Å². The smallest absolute Gasteiger partial charge is 0.325 e. The lowest BCUT2D eigenvalue weighted by Gasteiger charge is -2.22. The van der Waals surface area contributed by atoms with Gasteiger partial charge in [0.2, 0.25) is 11.8 Å². The van der Waals surface area contributed by atoms with Crippen LogP contribution in [0.2, 0.25) is 0 Å². The number of aromatic nitrogens is 1. The minimum Gasteiger partial charge on any atom is -0.354 e. The lowest BCUT2D eigenvalue weighted by molar-refractivity contribution is -0.135. The monoisotopic (exact) mass is 423 g/mol. The van der Waals surface area contributed by atoms with E-state index in [0.29, 0.717) is 12.1 Å². The molecule has 3 rings (SSSR count). The summed E-state index contributed by atoms with van der Waals surface area (Å²) < 4.78 is 0. The number of amides is 5. The van der Waals surface area contributed by atoms with Crippen molar-refractivity contribution in [2.75, 3.05) is 13.1 Å². The molecule has 1 atom stereocenters. The highest BCUT2D eigenvalue weighted by Crippen LogP contribution is 2.28. The van der Waals surface area contributed by atoms with E-state index in [1.807, 2.05) is 19.1 Å². The Morgan fingerprint density at radius 2 is 1.71 bits per heavy atom. The number of benzene rings is 1. The quantitative estimate of drug-likeness (QED) is 0.547. The van der Waals surface area contributed by atoms with E-state index < -0.39 is 29.9 Å². The molecule has 0 spiro atoms. The third-order valence-electron chi connectivity index (χ3n) is 5.12. The van der Waals surface area contributed by atoms with Gasteiger partial charge in [-0.15, -0.1) is 0 Å². The number of carbonyl (C=O) groups excluding carboxylic acids is 4. The van der Waals surface area contributed by atoms with E-state index in [9.17, 15) is 19.2 Å². The van der Waals surface area contributed by atoms with Gasteiger partial charge in [-0.2, -0.15) is 0 Å². The fourth-order valence-corrected chi connectivity index (χ4v) is 3.23. The minimum atomic E-state index is -1.22. The Bertz CT molecular complexity index is 977. The maximum absolute atomic E-state index is 12.9. The summed E-state index contributed by atoms with van der Waals surface area (Å²) in [7, 11) is 0. The van der Waals surface area contributed by atoms with Crippen LogP contribution in [0.1, 0.15) is 30.0 Å². The number of hydrogen-bond acceptors (Lipinski definition) is 5. The minimum absolute atomic E-state index is 0.0814. The lowest BCUT2D eigenvalue weighted by atomic mass is 9.91. The Morgan fingerprint density at radius 3 is 2.39 bits per heavy atom. The first-order valence-corrected chi connectivity index (χ1v) is 9.93. The number of rotatable bonds is 8. The van der Waals surface area contributed by atoms with Crippen molar-refractivity contribution in [2.24, 2.45) is 0 Å². The molecule has 162 valence electrons.